The fourth-order valence-electron chi connectivity index (χ4n) is 3.62. The third-order valence-electron chi connectivity index (χ3n) is 4.85. The first-order valence-electron chi connectivity index (χ1n) is 7.91. The van der Waals surface area contributed by atoms with Crippen LogP contribution in [0.5, 0.6) is 0 Å². The van der Waals surface area contributed by atoms with Gasteiger partial charge < -0.3 is 9.88 Å². The van der Waals surface area contributed by atoms with Gasteiger partial charge >= 0.3 is 0 Å². The summed E-state index contributed by atoms with van der Waals surface area (Å²) in [5.74, 6) is -0.126. The molecule has 3 rings (SSSR count). The highest BCUT2D eigenvalue weighted by atomic mass is 32.2. The van der Waals surface area contributed by atoms with Gasteiger partial charge in [0.1, 0.15) is 0 Å². The van der Waals surface area contributed by atoms with Crippen molar-refractivity contribution in [2.45, 2.75) is 37.0 Å². The highest BCUT2D eigenvalue weighted by Crippen LogP contribution is 2.29. The second kappa shape index (κ2) is 6.00. The third-order valence-corrected chi connectivity index (χ3v) is 6.50. The second-order valence-electron chi connectivity index (χ2n) is 6.38. The molecule has 1 N–H and O–H groups in total. The van der Waals surface area contributed by atoms with Gasteiger partial charge in [-0.05, 0) is 25.0 Å². The van der Waals surface area contributed by atoms with Gasteiger partial charge in [0, 0.05) is 30.9 Å². The molecule has 1 aliphatic carbocycles. The van der Waals surface area contributed by atoms with E-state index in [9.17, 15) is 13.2 Å². The average molecular weight is 334 g/mol. The molecule has 1 heterocycles. The van der Waals surface area contributed by atoms with Crippen LogP contribution >= 0.6 is 0 Å². The Morgan fingerprint density at radius 1 is 1.22 bits per heavy atom. The fourth-order valence-corrected chi connectivity index (χ4v) is 5.11. The molecule has 23 heavy (non-hydrogen) atoms. The summed E-state index contributed by atoms with van der Waals surface area (Å²) in [6.07, 6.45) is 6.32. The topological polar surface area (TPSA) is 70.2 Å². The van der Waals surface area contributed by atoms with Gasteiger partial charge in [0.25, 0.3) is 5.91 Å². The zero-order valence-corrected chi connectivity index (χ0v) is 14.3. The van der Waals surface area contributed by atoms with E-state index in [0.717, 1.165) is 30.2 Å². The minimum atomic E-state index is -3.17. The van der Waals surface area contributed by atoms with Crippen LogP contribution in [0, 0.1) is 0 Å². The minimum Gasteiger partial charge on any atom is -0.361 e. The third kappa shape index (κ3) is 3.00. The predicted octanol–water partition coefficient (Wildman–Crippen LogP) is 2.60. The van der Waals surface area contributed by atoms with Gasteiger partial charge in [-0.2, -0.15) is 0 Å². The Kier molecular flexibility index (Phi) is 4.19. The van der Waals surface area contributed by atoms with E-state index in [1.807, 2.05) is 18.2 Å². The van der Waals surface area contributed by atoms with Crippen LogP contribution in [0.25, 0.3) is 10.9 Å². The van der Waals surface area contributed by atoms with E-state index >= 15 is 0 Å². The van der Waals surface area contributed by atoms with Crippen LogP contribution in [0.2, 0.25) is 0 Å². The average Bonchev–Trinajstić information content (AvgIpc) is 3.01. The molecule has 5 nitrogen and oxygen atoms in total. The Labute approximate surface area is 136 Å². The van der Waals surface area contributed by atoms with Crippen molar-refractivity contribution in [1.29, 1.82) is 0 Å². The van der Waals surface area contributed by atoms with Gasteiger partial charge in [0.05, 0.1) is 16.3 Å². The van der Waals surface area contributed by atoms with Crippen molar-refractivity contribution >= 4 is 26.6 Å². The number of hydrogen-bond donors (Lipinski definition) is 1. The van der Waals surface area contributed by atoms with E-state index < -0.39 is 15.1 Å². The molecule has 2 atom stereocenters. The zero-order chi connectivity index (χ0) is 16.6. The van der Waals surface area contributed by atoms with Crippen molar-refractivity contribution in [3.8, 4) is 0 Å². The van der Waals surface area contributed by atoms with E-state index in [-0.39, 0.29) is 11.9 Å². The zero-order valence-electron chi connectivity index (χ0n) is 13.5. The van der Waals surface area contributed by atoms with Gasteiger partial charge in [0.15, 0.2) is 9.84 Å². The monoisotopic (exact) mass is 334 g/mol. The Morgan fingerprint density at radius 2 is 1.96 bits per heavy atom. The molecule has 1 aromatic carbocycles. The first-order chi connectivity index (χ1) is 10.9. The Bertz CT molecular complexity index is 825. The lowest BCUT2D eigenvalue weighted by Gasteiger charge is -2.37. The number of amides is 1. The number of aromatic nitrogens is 1. The number of rotatable bonds is 3. The minimum absolute atomic E-state index is 0.126. The quantitative estimate of drug-likeness (QED) is 0.938. The number of carbonyl (C=O) groups excluding carboxylic acids is 1. The standard InChI is InChI=1S/C17H22N2O3S/c1-19(14-8-3-4-9-15(14)23(2,21)22)17(20)13-7-5-6-12-10-11-18-16(12)13/h5-7,10-11,14-15,18H,3-4,8-9H2,1-2H3/t14-,15-/m1/s1. The second-order valence-corrected chi connectivity index (χ2v) is 8.65. The lowest BCUT2D eigenvalue weighted by Crippen LogP contribution is -2.49. The number of hydrogen-bond acceptors (Lipinski definition) is 3. The molecule has 0 unspecified atom stereocenters. The van der Waals surface area contributed by atoms with Crippen molar-refractivity contribution < 1.29 is 13.2 Å². The largest absolute Gasteiger partial charge is 0.361 e. The number of fused-ring (bicyclic) bond motifs is 1. The van der Waals surface area contributed by atoms with Crippen LogP contribution in [0.1, 0.15) is 36.0 Å². The number of aromatic amines is 1. The van der Waals surface area contributed by atoms with E-state index in [0.29, 0.717) is 12.0 Å². The molecular weight excluding hydrogens is 312 g/mol. The van der Waals surface area contributed by atoms with Gasteiger partial charge in [-0.3, -0.25) is 4.79 Å². The van der Waals surface area contributed by atoms with Crippen LogP contribution in [-0.4, -0.2) is 48.8 Å². The molecule has 6 heteroatoms. The van der Waals surface area contributed by atoms with Crippen molar-refractivity contribution in [2.24, 2.45) is 0 Å². The molecule has 1 aliphatic rings. The Morgan fingerprint density at radius 3 is 2.70 bits per heavy atom. The molecular formula is C17H22N2O3S. The summed E-state index contributed by atoms with van der Waals surface area (Å²) < 4.78 is 24.2. The van der Waals surface area contributed by atoms with Gasteiger partial charge in [-0.25, -0.2) is 8.42 Å². The van der Waals surface area contributed by atoms with Crippen LogP contribution in [-0.2, 0) is 9.84 Å². The number of carbonyl (C=O) groups is 1. The van der Waals surface area contributed by atoms with E-state index in [1.54, 1.807) is 24.2 Å². The van der Waals surface area contributed by atoms with Crippen LogP contribution in [0.4, 0.5) is 0 Å². The highest BCUT2D eigenvalue weighted by molar-refractivity contribution is 7.91. The fraction of sp³-hybridized carbons (Fsp3) is 0.471. The molecule has 0 bridgehead atoms. The number of nitrogens with zero attached hydrogens (tertiary/aromatic N) is 1. The van der Waals surface area contributed by atoms with Gasteiger partial charge in [-0.1, -0.05) is 25.0 Å². The van der Waals surface area contributed by atoms with Crippen LogP contribution in [0.3, 0.4) is 0 Å². The maximum absolute atomic E-state index is 12.9. The van der Waals surface area contributed by atoms with E-state index in [4.69, 9.17) is 0 Å². The lowest BCUT2D eigenvalue weighted by atomic mass is 9.93. The van der Waals surface area contributed by atoms with Gasteiger partial charge in [0.2, 0.25) is 0 Å². The molecule has 1 amide bonds. The first-order valence-corrected chi connectivity index (χ1v) is 9.87. The summed E-state index contributed by atoms with van der Waals surface area (Å²) in [5, 5.41) is 0.514. The molecule has 2 aromatic rings. The molecule has 0 spiro atoms. The van der Waals surface area contributed by atoms with Crippen LogP contribution in [0.15, 0.2) is 30.5 Å². The molecule has 0 radical (unpaired) electrons. The summed E-state index contributed by atoms with van der Waals surface area (Å²) in [6.45, 7) is 0. The number of para-hydroxylation sites is 1. The maximum atomic E-state index is 12.9. The van der Waals surface area contributed by atoms with Crippen molar-refractivity contribution in [3.05, 3.63) is 36.0 Å². The van der Waals surface area contributed by atoms with Crippen molar-refractivity contribution in [3.63, 3.8) is 0 Å². The van der Waals surface area contributed by atoms with E-state index in [2.05, 4.69) is 4.98 Å². The molecule has 0 aliphatic heterocycles. The summed E-state index contributed by atoms with van der Waals surface area (Å²) in [5.41, 5.74) is 1.39. The Hall–Kier alpha value is -1.82. The summed E-state index contributed by atoms with van der Waals surface area (Å²) in [6, 6.07) is 7.26. The molecule has 0 saturated heterocycles. The van der Waals surface area contributed by atoms with Gasteiger partial charge in [-0.15, -0.1) is 0 Å². The number of benzene rings is 1. The Balaban J connectivity index is 1.93. The number of nitrogens with one attached hydrogen (secondary N) is 1. The van der Waals surface area contributed by atoms with Crippen LogP contribution < -0.4 is 0 Å². The lowest BCUT2D eigenvalue weighted by molar-refractivity contribution is 0.0702. The summed E-state index contributed by atoms with van der Waals surface area (Å²) >= 11 is 0. The van der Waals surface area contributed by atoms with E-state index in [1.165, 1.54) is 6.26 Å². The number of H-pyrrole nitrogens is 1. The normalized spacial score (nSPS) is 22.2. The molecule has 1 aromatic heterocycles. The first kappa shape index (κ1) is 16.1. The number of sulfone groups is 1. The van der Waals surface area contributed by atoms with Crippen molar-refractivity contribution in [1.82, 2.24) is 9.88 Å². The predicted molar refractivity (Wildman–Crippen MR) is 91.3 cm³/mol. The summed E-state index contributed by atoms with van der Waals surface area (Å²) in [7, 11) is -1.45. The smallest absolute Gasteiger partial charge is 0.256 e. The van der Waals surface area contributed by atoms with Crippen molar-refractivity contribution in [2.75, 3.05) is 13.3 Å². The summed E-state index contributed by atoms with van der Waals surface area (Å²) in [4.78, 5) is 17.7. The molecule has 1 saturated carbocycles. The highest BCUT2D eigenvalue weighted by Gasteiger charge is 2.37. The SMILES string of the molecule is CN(C(=O)c1cccc2cc[nH]c12)[C@@H]1CCCC[C@H]1S(C)(=O)=O. The maximum Gasteiger partial charge on any atom is 0.256 e. The molecule has 1 fully saturated rings. The molecule has 124 valence electrons.